The van der Waals surface area contributed by atoms with Gasteiger partial charge in [0.1, 0.15) is 11.5 Å². The van der Waals surface area contributed by atoms with Crippen LogP contribution in [0.4, 0.5) is 0 Å². The van der Waals surface area contributed by atoms with Gasteiger partial charge in [0.15, 0.2) is 0 Å². The summed E-state index contributed by atoms with van der Waals surface area (Å²) < 4.78 is 5.94. The van der Waals surface area contributed by atoms with Crippen LogP contribution in [0.1, 0.15) is 15.9 Å². The standard InChI is InChI=1S/C15H14INO3/c1-20-14-5-3-2-4-11(14)9-17-15(19)10-6-7-12(16)13(18)8-10/h2-8,18H,9H2,1H3,(H,17,19). The van der Waals surface area contributed by atoms with Crippen molar-refractivity contribution in [1.82, 2.24) is 5.32 Å². The second-order valence-electron chi connectivity index (χ2n) is 4.16. The summed E-state index contributed by atoms with van der Waals surface area (Å²) in [5.74, 6) is 0.608. The molecule has 0 aliphatic carbocycles. The van der Waals surface area contributed by atoms with Gasteiger partial charge in [-0.25, -0.2) is 0 Å². The van der Waals surface area contributed by atoms with Gasteiger partial charge in [-0.1, -0.05) is 18.2 Å². The number of benzene rings is 2. The van der Waals surface area contributed by atoms with Gasteiger partial charge in [-0.05, 0) is 46.9 Å². The average molecular weight is 383 g/mol. The lowest BCUT2D eigenvalue weighted by Gasteiger charge is -2.10. The molecule has 0 aliphatic heterocycles. The predicted octanol–water partition coefficient (Wildman–Crippen LogP) is 2.94. The zero-order valence-electron chi connectivity index (χ0n) is 10.9. The van der Waals surface area contributed by atoms with E-state index in [9.17, 15) is 9.90 Å². The zero-order valence-corrected chi connectivity index (χ0v) is 13.0. The van der Waals surface area contributed by atoms with Crippen molar-refractivity contribution in [2.24, 2.45) is 0 Å². The summed E-state index contributed by atoms with van der Waals surface area (Å²) in [6, 6.07) is 12.3. The number of carbonyl (C=O) groups is 1. The molecule has 0 fully saturated rings. The third kappa shape index (κ3) is 3.41. The maximum absolute atomic E-state index is 12.0. The molecular weight excluding hydrogens is 369 g/mol. The van der Waals surface area contributed by atoms with Crippen LogP contribution in [-0.2, 0) is 6.54 Å². The van der Waals surface area contributed by atoms with Gasteiger partial charge in [0.2, 0.25) is 0 Å². The number of nitrogens with one attached hydrogen (secondary N) is 1. The summed E-state index contributed by atoms with van der Waals surface area (Å²) in [6.45, 7) is 0.371. The van der Waals surface area contributed by atoms with E-state index in [1.165, 1.54) is 6.07 Å². The Balaban J connectivity index is 2.06. The molecule has 0 unspecified atom stereocenters. The predicted molar refractivity (Wildman–Crippen MR) is 85.0 cm³/mol. The monoisotopic (exact) mass is 383 g/mol. The lowest BCUT2D eigenvalue weighted by molar-refractivity contribution is 0.0950. The van der Waals surface area contributed by atoms with Crippen LogP contribution in [0, 0.1) is 3.57 Å². The third-order valence-electron chi connectivity index (χ3n) is 2.84. The Bertz CT molecular complexity index is 628. The van der Waals surface area contributed by atoms with E-state index in [1.807, 2.05) is 46.9 Å². The molecule has 5 heteroatoms. The van der Waals surface area contributed by atoms with E-state index < -0.39 is 0 Å². The number of methoxy groups -OCH3 is 1. The van der Waals surface area contributed by atoms with Crippen molar-refractivity contribution in [3.8, 4) is 11.5 Å². The number of hydrogen-bond acceptors (Lipinski definition) is 3. The van der Waals surface area contributed by atoms with Gasteiger partial charge in [-0.15, -0.1) is 0 Å². The Morgan fingerprint density at radius 2 is 2.05 bits per heavy atom. The second kappa shape index (κ2) is 6.60. The van der Waals surface area contributed by atoms with E-state index in [0.717, 1.165) is 11.3 Å². The Hall–Kier alpha value is -1.76. The number of para-hydroxylation sites is 1. The first-order chi connectivity index (χ1) is 9.61. The molecule has 1 amide bonds. The normalized spacial score (nSPS) is 10.1. The number of phenolic OH excluding ortho intramolecular Hbond substituents is 1. The Morgan fingerprint density at radius 1 is 1.30 bits per heavy atom. The molecule has 0 aromatic heterocycles. The molecule has 4 nitrogen and oxygen atoms in total. The summed E-state index contributed by atoms with van der Waals surface area (Å²) in [5, 5.41) is 12.4. The van der Waals surface area contributed by atoms with Gasteiger partial charge < -0.3 is 15.2 Å². The summed E-state index contributed by atoms with van der Waals surface area (Å²) in [4.78, 5) is 12.0. The van der Waals surface area contributed by atoms with Gasteiger partial charge in [0, 0.05) is 17.7 Å². The van der Waals surface area contributed by atoms with Crippen molar-refractivity contribution in [2.45, 2.75) is 6.54 Å². The molecular formula is C15H14INO3. The van der Waals surface area contributed by atoms with Crippen LogP contribution in [-0.4, -0.2) is 18.1 Å². The number of carbonyl (C=O) groups excluding carboxylic acids is 1. The number of rotatable bonds is 4. The molecule has 2 rings (SSSR count). The SMILES string of the molecule is COc1ccccc1CNC(=O)c1ccc(I)c(O)c1. The highest BCUT2D eigenvalue weighted by molar-refractivity contribution is 14.1. The van der Waals surface area contributed by atoms with Crippen molar-refractivity contribution < 1.29 is 14.6 Å². The summed E-state index contributed by atoms with van der Waals surface area (Å²) in [7, 11) is 1.60. The van der Waals surface area contributed by atoms with Gasteiger partial charge >= 0.3 is 0 Å². The van der Waals surface area contributed by atoms with Gasteiger partial charge in [0.25, 0.3) is 5.91 Å². The van der Waals surface area contributed by atoms with Crippen molar-refractivity contribution in [3.05, 3.63) is 57.2 Å². The largest absolute Gasteiger partial charge is 0.507 e. The maximum atomic E-state index is 12.0. The lowest BCUT2D eigenvalue weighted by Crippen LogP contribution is -2.23. The van der Waals surface area contributed by atoms with Crippen molar-refractivity contribution >= 4 is 28.5 Å². The van der Waals surface area contributed by atoms with E-state index >= 15 is 0 Å². The first-order valence-electron chi connectivity index (χ1n) is 6.00. The molecule has 0 atom stereocenters. The average Bonchev–Trinajstić information content (AvgIpc) is 2.47. The molecule has 2 N–H and O–H groups in total. The van der Waals surface area contributed by atoms with Crippen LogP contribution < -0.4 is 10.1 Å². The molecule has 0 saturated heterocycles. The minimum atomic E-state index is -0.234. The van der Waals surface area contributed by atoms with Crippen molar-refractivity contribution in [1.29, 1.82) is 0 Å². The topological polar surface area (TPSA) is 58.6 Å². The molecule has 0 saturated carbocycles. The van der Waals surface area contributed by atoms with E-state index in [2.05, 4.69) is 5.32 Å². The number of ether oxygens (including phenoxy) is 1. The fraction of sp³-hybridized carbons (Fsp3) is 0.133. The molecule has 0 bridgehead atoms. The molecule has 2 aromatic carbocycles. The molecule has 2 aromatic rings. The first kappa shape index (κ1) is 14.6. The van der Waals surface area contributed by atoms with E-state index in [4.69, 9.17) is 4.74 Å². The maximum Gasteiger partial charge on any atom is 0.251 e. The highest BCUT2D eigenvalue weighted by Crippen LogP contribution is 2.21. The Kier molecular flexibility index (Phi) is 4.84. The molecule has 0 aliphatic rings. The second-order valence-corrected chi connectivity index (χ2v) is 5.32. The fourth-order valence-corrected chi connectivity index (χ4v) is 2.12. The molecule has 20 heavy (non-hydrogen) atoms. The van der Waals surface area contributed by atoms with Crippen LogP contribution in [0.2, 0.25) is 0 Å². The number of aromatic hydroxyl groups is 1. The summed E-state index contributed by atoms with van der Waals surface area (Å²) in [5.41, 5.74) is 1.33. The van der Waals surface area contributed by atoms with Crippen LogP contribution in [0.3, 0.4) is 0 Å². The summed E-state index contributed by atoms with van der Waals surface area (Å²) in [6.07, 6.45) is 0. The smallest absolute Gasteiger partial charge is 0.251 e. The lowest BCUT2D eigenvalue weighted by atomic mass is 10.1. The highest BCUT2D eigenvalue weighted by Gasteiger charge is 2.09. The quantitative estimate of drug-likeness (QED) is 0.799. The van der Waals surface area contributed by atoms with Gasteiger partial charge in [-0.3, -0.25) is 4.79 Å². The fourth-order valence-electron chi connectivity index (χ4n) is 1.78. The number of hydrogen-bond donors (Lipinski definition) is 2. The van der Waals surface area contributed by atoms with Gasteiger partial charge in [-0.2, -0.15) is 0 Å². The third-order valence-corrected chi connectivity index (χ3v) is 3.75. The Labute approximate surface area is 130 Å². The molecule has 0 heterocycles. The van der Waals surface area contributed by atoms with Crippen LogP contribution in [0.15, 0.2) is 42.5 Å². The van der Waals surface area contributed by atoms with Crippen LogP contribution >= 0.6 is 22.6 Å². The zero-order chi connectivity index (χ0) is 14.5. The molecule has 104 valence electrons. The number of amides is 1. The van der Waals surface area contributed by atoms with Crippen molar-refractivity contribution in [2.75, 3.05) is 7.11 Å². The van der Waals surface area contributed by atoms with Crippen LogP contribution in [0.25, 0.3) is 0 Å². The van der Waals surface area contributed by atoms with E-state index in [0.29, 0.717) is 15.7 Å². The minimum absolute atomic E-state index is 0.107. The van der Waals surface area contributed by atoms with Gasteiger partial charge in [0.05, 0.1) is 10.7 Å². The molecule has 0 spiro atoms. The first-order valence-corrected chi connectivity index (χ1v) is 7.08. The van der Waals surface area contributed by atoms with Crippen LogP contribution in [0.5, 0.6) is 11.5 Å². The minimum Gasteiger partial charge on any atom is -0.507 e. The summed E-state index contributed by atoms with van der Waals surface area (Å²) >= 11 is 2.01. The number of phenols is 1. The van der Waals surface area contributed by atoms with E-state index in [1.54, 1.807) is 19.2 Å². The van der Waals surface area contributed by atoms with Crippen molar-refractivity contribution in [3.63, 3.8) is 0 Å². The Morgan fingerprint density at radius 3 is 2.75 bits per heavy atom. The number of halogens is 1. The van der Waals surface area contributed by atoms with E-state index in [-0.39, 0.29) is 11.7 Å². The molecule has 0 radical (unpaired) electrons. The highest BCUT2D eigenvalue weighted by atomic mass is 127.